The lowest BCUT2D eigenvalue weighted by Gasteiger charge is -2.26. The average Bonchev–Trinajstić information content (AvgIpc) is 2.86. The highest BCUT2D eigenvalue weighted by molar-refractivity contribution is 5.91. The number of hydrogen-bond donors (Lipinski definition) is 1. The highest BCUT2D eigenvalue weighted by atomic mass is 16.6. The fourth-order valence-electron chi connectivity index (χ4n) is 3.75. The van der Waals surface area contributed by atoms with Crippen molar-refractivity contribution in [3.63, 3.8) is 0 Å². The number of ether oxygens (including phenoxy) is 3. The molecular formula is C27H23N3O6. The number of benzene rings is 3. The second kappa shape index (κ2) is 10.2. The third-order valence-corrected chi connectivity index (χ3v) is 5.51. The van der Waals surface area contributed by atoms with Crippen molar-refractivity contribution in [2.24, 2.45) is 11.7 Å². The van der Waals surface area contributed by atoms with Gasteiger partial charge in [0.05, 0.1) is 23.0 Å². The van der Waals surface area contributed by atoms with Crippen LogP contribution in [0.1, 0.15) is 41.3 Å². The Labute approximate surface area is 207 Å². The second-order valence-electron chi connectivity index (χ2n) is 8.59. The van der Waals surface area contributed by atoms with Crippen LogP contribution in [0.5, 0.6) is 17.2 Å². The van der Waals surface area contributed by atoms with Gasteiger partial charge in [-0.1, -0.05) is 32.0 Å². The van der Waals surface area contributed by atoms with E-state index in [9.17, 15) is 20.2 Å². The number of nitrogens with two attached hydrogens (primary N) is 1. The van der Waals surface area contributed by atoms with E-state index in [0.717, 1.165) is 0 Å². The monoisotopic (exact) mass is 485 g/mol. The van der Waals surface area contributed by atoms with E-state index in [1.165, 1.54) is 18.2 Å². The van der Waals surface area contributed by atoms with Crippen molar-refractivity contribution in [1.82, 2.24) is 0 Å². The first-order chi connectivity index (χ1) is 17.3. The lowest BCUT2D eigenvalue weighted by Crippen LogP contribution is -2.21. The zero-order chi connectivity index (χ0) is 25.8. The van der Waals surface area contributed by atoms with E-state index in [1.54, 1.807) is 48.5 Å². The Kier molecular flexibility index (Phi) is 6.88. The number of carbonyl (C=O) groups excluding carboxylic acids is 1. The highest BCUT2D eigenvalue weighted by Gasteiger charge is 2.31. The quantitative estimate of drug-likeness (QED) is 0.212. The van der Waals surface area contributed by atoms with E-state index in [-0.39, 0.29) is 22.9 Å². The van der Waals surface area contributed by atoms with Gasteiger partial charge in [0.15, 0.2) is 0 Å². The normalized spacial score (nSPS) is 14.4. The number of allylic oxidation sites excluding steroid dienone is 1. The van der Waals surface area contributed by atoms with Crippen molar-refractivity contribution in [2.45, 2.75) is 19.8 Å². The molecule has 0 aromatic heterocycles. The molecule has 1 heterocycles. The maximum absolute atomic E-state index is 12.7. The fraction of sp³-hybridized carbons (Fsp3) is 0.185. The number of carbonyl (C=O) groups is 1. The number of nitriles is 1. The molecule has 9 nitrogen and oxygen atoms in total. The molecule has 2 N–H and O–H groups in total. The standard InChI is InChI=1S/C27H23N3O6/c1-16(2)15-34-20-9-5-18(6-10-20)27(31)35-21-11-12-22-24(13-21)36-26(29)23(14-28)25(22)17-3-7-19(8-4-17)30(32)33/h3-13,16,25H,15,29H2,1-2H3. The first-order valence-corrected chi connectivity index (χ1v) is 11.2. The largest absolute Gasteiger partial charge is 0.493 e. The minimum absolute atomic E-state index is 0.0664. The van der Waals surface area contributed by atoms with Crippen LogP contribution in [0.15, 0.2) is 78.2 Å². The van der Waals surface area contributed by atoms with E-state index in [0.29, 0.717) is 40.7 Å². The van der Waals surface area contributed by atoms with Crippen molar-refractivity contribution in [2.75, 3.05) is 6.61 Å². The summed E-state index contributed by atoms with van der Waals surface area (Å²) in [4.78, 5) is 23.2. The molecule has 4 rings (SSSR count). The summed E-state index contributed by atoms with van der Waals surface area (Å²) in [7, 11) is 0. The molecule has 3 aromatic rings. The summed E-state index contributed by atoms with van der Waals surface area (Å²) in [5.74, 6) is 0.349. The minimum atomic E-state index is -0.595. The predicted octanol–water partition coefficient (Wildman–Crippen LogP) is 5.07. The van der Waals surface area contributed by atoms with Crippen molar-refractivity contribution >= 4 is 11.7 Å². The SMILES string of the molecule is CC(C)COc1ccc(C(=O)Oc2ccc3c(c2)OC(N)=C(C#N)C3c2ccc([N+](=O)[O-])cc2)cc1. The molecule has 0 spiro atoms. The molecule has 0 saturated carbocycles. The van der Waals surface area contributed by atoms with Gasteiger partial charge in [-0.15, -0.1) is 0 Å². The van der Waals surface area contributed by atoms with Gasteiger partial charge in [0, 0.05) is 23.8 Å². The number of hydrogen-bond acceptors (Lipinski definition) is 8. The maximum Gasteiger partial charge on any atom is 0.343 e. The Morgan fingerprint density at radius 3 is 2.39 bits per heavy atom. The van der Waals surface area contributed by atoms with E-state index in [2.05, 4.69) is 6.07 Å². The molecule has 182 valence electrons. The molecule has 0 aliphatic carbocycles. The van der Waals surface area contributed by atoms with Gasteiger partial charge in [0.25, 0.3) is 5.69 Å². The van der Waals surface area contributed by atoms with Gasteiger partial charge in [0.2, 0.25) is 5.88 Å². The van der Waals surface area contributed by atoms with E-state index in [1.807, 2.05) is 13.8 Å². The van der Waals surface area contributed by atoms with Crippen LogP contribution in [-0.2, 0) is 0 Å². The Hall–Kier alpha value is -4.84. The van der Waals surface area contributed by atoms with Crippen LogP contribution in [0.3, 0.4) is 0 Å². The van der Waals surface area contributed by atoms with Gasteiger partial charge >= 0.3 is 5.97 Å². The van der Waals surface area contributed by atoms with Crippen LogP contribution in [-0.4, -0.2) is 17.5 Å². The topological polar surface area (TPSA) is 138 Å². The molecule has 3 aromatic carbocycles. The molecule has 9 heteroatoms. The van der Waals surface area contributed by atoms with Crippen LogP contribution in [0.2, 0.25) is 0 Å². The number of nitrogens with zero attached hydrogens (tertiary/aromatic N) is 2. The van der Waals surface area contributed by atoms with Crippen LogP contribution in [0.4, 0.5) is 5.69 Å². The van der Waals surface area contributed by atoms with Gasteiger partial charge in [-0.2, -0.15) is 5.26 Å². The summed E-state index contributed by atoms with van der Waals surface area (Å²) in [5, 5.41) is 20.7. The van der Waals surface area contributed by atoms with Crippen LogP contribution >= 0.6 is 0 Å². The van der Waals surface area contributed by atoms with Crippen molar-refractivity contribution in [3.8, 4) is 23.3 Å². The molecule has 0 saturated heterocycles. The Morgan fingerprint density at radius 2 is 1.78 bits per heavy atom. The average molecular weight is 485 g/mol. The molecule has 1 atom stereocenters. The van der Waals surface area contributed by atoms with E-state index >= 15 is 0 Å². The molecule has 36 heavy (non-hydrogen) atoms. The smallest absolute Gasteiger partial charge is 0.343 e. The Bertz CT molecular complexity index is 1370. The second-order valence-corrected chi connectivity index (χ2v) is 8.59. The van der Waals surface area contributed by atoms with Gasteiger partial charge in [-0.05, 0) is 41.8 Å². The lowest BCUT2D eigenvalue weighted by molar-refractivity contribution is -0.384. The number of fused-ring (bicyclic) bond motifs is 1. The molecule has 0 bridgehead atoms. The molecule has 1 aliphatic heterocycles. The van der Waals surface area contributed by atoms with Crippen molar-refractivity contribution in [3.05, 3.63) is 105 Å². The van der Waals surface area contributed by atoms with E-state index < -0.39 is 16.8 Å². The Balaban J connectivity index is 1.57. The molecular weight excluding hydrogens is 462 g/mol. The fourth-order valence-corrected chi connectivity index (χ4v) is 3.75. The first kappa shape index (κ1) is 24.3. The number of nitro groups is 1. The van der Waals surface area contributed by atoms with Gasteiger partial charge in [0.1, 0.15) is 28.9 Å². The maximum atomic E-state index is 12.7. The third-order valence-electron chi connectivity index (χ3n) is 5.51. The van der Waals surface area contributed by atoms with Crippen LogP contribution in [0, 0.1) is 27.4 Å². The summed E-state index contributed by atoms with van der Waals surface area (Å²) >= 11 is 0. The molecule has 0 amide bonds. The molecule has 0 radical (unpaired) electrons. The van der Waals surface area contributed by atoms with Gasteiger partial charge in [-0.3, -0.25) is 10.1 Å². The van der Waals surface area contributed by atoms with Gasteiger partial charge in [-0.25, -0.2) is 4.79 Å². The predicted molar refractivity (Wildman–Crippen MR) is 131 cm³/mol. The number of non-ortho nitro benzene ring substituents is 1. The van der Waals surface area contributed by atoms with Crippen molar-refractivity contribution < 1.29 is 23.9 Å². The third kappa shape index (κ3) is 5.13. The zero-order valence-electron chi connectivity index (χ0n) is 19.6. The molecule has 1 unspecified atom stereocenters. The minimum Gasteiger partial charge on any atom is -0.493 e. The van der Waals surface area contributed by atoms with E-state index in [4.69, 9.17) is 19.9 Å². The summed E-state index contributed by atoms with van der Waals surface area (Å²) in [5.41, 5.74) is 7.73. The van der Waals surface area contributed by atoms with Gasteiger partial charge < -0.3 is 19.9 Å². The van der Waals surface area contributed by atoms with Crippen molar-refractivity contribution in [1.29, 1.82) is 5.26 Å². The lowest BCUT2D eigenvalue weighted by atomic mass is 9.83. The molecule has 1 aliphatic rings. The highest BCUT2D eigenvalue weighted by Crippen LogP contribution is 2.43. The number of nitro benzene ring substituents is 1. The Morgan fingerprint density at radius 1 is 1.11 bits per heavy atom. The number of esters is 1. The van der Waals surface area contributed by atoms with Crippen LogP contribution in [0.25, 0.3) is 0 Å². The summed E-state index contributed by atoms with van der Waals surface area (Å²) < 4.78 is 16.8. The summed E-state index contributed by atoms with van der Waals surface area (Å²) in [6, 6.07) is 19.4. The zero-order valence-corrected chi connectivity index (χ0v) is 19.6. The first-order valence-electron chi connectivity index (χ1n) is 11.2. The summed E-state index contributed by atoms with van der Waals surface area (Å²) in [6.07, 6.45) is 0. The summed E-state index contributed by atoms with van der Waals surface area (Å²) in [6.45, 7) is 4.67. The van der Waals surface area contributed by atoms with Crippen LogP contribution < -0.4 is 19.9 Å². The number of rotatable bonds is 7. The molecule has 0 fully saturated rings.